The molecule has 1 atom stereocenters. The number of nitrogens with one attached hydrogen (secondary N) is 1. The van der Waals surface area contributed by atoms with Crippen LogP contribution in [0.15, 0.2) is 36.5 Å². The van der Waals surface area contributed by atoms with Gasteiger partial charge in [0.05, 0.1) is 18.4 Å². The number of likely N-dealkylation sites (N-methyl/N-ethyl adjacent to an activating group) is 1. The van der Waals surface area contributed by atoms with E-state index in [9.17, 15) is 22.8 Å². The van der Waals surface area contributed by atoms with E-state index in [1.807, 2.05) is 0 Å². The third kappa shape index (κ3) is 4.58. The van der Waals surface area contributed by atoms with Gasteiger partial charge in [-0.3, -0.25) is 9.59 Å². The average Bonchev–Trinajstić information content (AvgIpc) is 3.00. The first-order valence-corrected chi connectivity index (χ1v) is 8.64. The molecular weight excluding hydrogens is 391 g/mol. The number of carbonyl (C=O) groups excluding carboxylic acids is 2. The summed E-state index contributed by atoms with van der Waals surface area (Å²) in [5, 5.41) is 2.68. The highest BCUT2D eigenvalue weighted by Gasteiger charge is 2.33. The van der Waals surface area contributed by atoms with Gasteiger partial charge in [0.25, 0.3) is 0 Å². The lowest BCUT2D eigenvalue weighted by atomic mass is 10.2. The predicted molar refractivity (Wildman–Crippen MR) is 96.7 cm³/mol. The number of halogens is 3. The highest BCUT2D eigenvalue weighted by Crippen LogP contribution is 2.34. The van der Waals surface area contributed by atoms with Crippen molar-refractivity contribution in [1.82, 2.24) is 9.88 Å². The molecule has 1 aliphatic rings. The highest BCUT2D eigenvalue weighted by atomic mass is 19.4. The fraction of sp³-hybridized carbons (Fsp3) is 0.316. The molecule has 154 valence electrons. The van der Waals surface area contributed by atoms with E-state index in [4.69, 9.17) is 9.47 Å². The summed E-state index contributed by atoms with van der Waals surface area (Å²) in [5.74, 6) is -0.280. The number of likely N-dealkylation sites (tertiary alicyclic amines) is 1. The maximum absolute atomic E-state index is 12.8. The van der Waals surface area contributed by atoms with Gasteiger partial charge in [0.15, 0.2) is 0 Å². The van der Waals surface area contributed by atoms with Crippen LogP contribution in [0, 0.1) is 0 Å². The Labute approximate surface area is 164 Å². The Morgan fingerprint density at radius 2 is 2.03 bits per heavy atom. The summed E-state index contributed by atoms with van der Waals surface area (Å²) in [5.41, 5.74) is -0.631. The molecule has 0 bridgehead atoms. The topological polar surface area (TPSA) is 80.8 Å². The Balaban J connectivity index is 1.80. The molecule has 2 amide bonds. The summed E-state index contributed by atoms with van der Waals surface area (Å²) >= 11 is 0. The molecule has 0 spiro atoms. The van der Waals surface area contributed by atoms with Gasteiger partial charge in [0.2, 0.25) is 17.7 Å². The van der Waals surface area contributed by atoms with Gasteiger partial charge >= 0.3 is 6.18 Å². The fourth-order valence-electron chi connectivity index (χ4n) is 2.94. The van der Waals surface area contributed by atoms with E-state index in [1.165, 1.54) is 30.2 Å². The minimum Gasteiger partial charge on any atom is -0.495 e. The SMILES string of the molecule is COc1ccc(Oc2cc(C(F)(F)F)ccn2)cc1NC(=O)[C@@H]1CCC(=O)N1C. The zero-order valence-electron chi connectivity index (χ0n) is 15.6. The van der Waals surface area contributed by atoms with Gasteiger partial charge in [0, 0.05) is 31.8 Å². The molecule has 0 aliphatic carbocycles. The quantitative estimate of drug-likeness (QED) is 0.818. The van der Waals surface area contributed by atoms with Gasteiger partial charge in [-0.1, -0.05) is 0 Å². The summed E-state index contributed by atoms with van der Waals surface area (Å²) in [6.45, 7) is 0. The second-order valence-corrected chi connectivity index (χ2v) is 6.39. The minimum atomic E-state index is -4.52. The summed E-state index contributed by atoms with van der Waals surface area (Å²) in [7, 11) is 2.96. The van der Waals surface area contributed by atoms with Crippen LogP contribution in [0.5, 0.6) is 17.4 Å². The Morgan fingerprint density at radius 3 is 2.66 bits per heavy atom. The molecular formula is C19H18F3N3O4. The van der Waals surface area contributed by atoms with Crippen molar-refractivity contribution < 1.29 is 32.2 Å². The minimum absolute atomic E-state index is 0.121. The number of ether oxygens (including phenoxy) is 2. The van der Waals surface area contributed by atoms with Crippen molar-refractivity contribution in [1.29, 1.82) is 0 Å². The number of amides is 2. The number of rotatable bonds is 5. The Morgan fingerprint density at radius 1 is 1.28 bits per heavy atom. The van der Waals surface area contributed by atoms with E-state index in [-0.39, 0.29) is 29.6 Å². The van der Waals surface area contributed by atoms with Crippen molar-refractivity contribution in [3.8, 4) is 17.4 Å². The number of alkyl halides is 3. The molecule has 2 aromatic rings. The molecule has 0 saturated carbocycles. The lowest BCUT2D eigenvalue weighted by Crippen LogP contribution is -2.38. The molecule has 0 radical (unpaired) electrons. The first-order valence-electron chi connectivity index (χ1n) is 8.64. The number of benzene rings is 1. The third-order valence-corrected chi connectivity index (χ3v) is 4.51. The normalized spacial score (nSPS) is 16.7. The number of hydrogen-bond donors (Lipinski definition) is 1. The second-order valence-electron chi connectivity index (χ2n) is 6.39. The van der Waals surface area contributed by atoms with Gasteiger partial charge in [-0.15, -0.1) is 0 Å². The summed E-state index contributed by atoms with van der Waals surface area (Å²) in [6, 6.07) is 5.40. The Hall–Kier alpha value is -3.30. The first kappa shape index (κ1) is 20.4. The van der Waals surface area contributed by atoms with E-state index in [2.05, 4.69) is 10.3 Å². The molecule has 29 heavy (non-hydrogen) atoms. The number of hydrogen-bond acceptors (Lipinski definition) is 5. The van der Waals surface area contributed by atoms with Crippen LogP contribution in [0.25, 0.3) is 0 Å². The van der Waals surface area contributed by atoms with Crippen LogP contribution >= 0.6 is 0 Å². The van der Waals surface area contributed by atoms with Gasteiger partial charge in [-0.25, -0.2) is 4.98 Å². The summed E-state index contributed by atoms with van der Waals surface area (Å²) < 4.78 is 49.2. The second kappa shape index (κ2) is 7.98. The molecule has 10 heteroatoms. The van der Waals surface area contributed by atoms with Crippen molar-refractivity contribution in [2.24, 2.45) is 0 Å². The van der Waals surface area contributed by atoms with Crippen LogP contribution in [0.4, 0.5) is 18.9 Å². The number of aromatic nitrogens is 1. The van der Waals surface area contributed by atoms with Crippen LogP contribution in [-0.4, -0.2) is 41.9 Å². The van der Waals surface area contributed by atoms with Crippen molar-refractivity contribution in [3.05, 3.63) is 42.1 Å². The van der Waals surface area contributed by atoms with E-state index in [1.54, 1.807) is 7.05 Å². The van der Waals surface area contributed by atoms with Crippen LogP contribution in [0.3, 0.4) is 0 Å². The molecule has 1 aromatic heterocycles. The number of methoxy groups -OCH3 is 1. The van der Waals surface area contributed by atoms with Crippen LogP contribution in [0.2, 0.25) is 0 Å². The van der Waals surface area contributed by atoms with Gasteiger partial charge < -0.3 is 19.7 Å². The number of pyridine rings is 1. The molecule has 2 heterocycles. The molecule has 7 nitrogen and oxygen atoms in total. The summed E-state index contributed by atoms with van der Waals surface area (Å²) in [4.78, 5) is 29.3. The lowest BCUT2D eigenvalue weighted by molar-refractivity contribution is -0.137. The van der Waals surface area contributed by atoms with Crippen molar-refractivity contribution in [3.63, 3.8) is 0 Å². The van der Waals surface area contributed by atoms with Crippen molar-refractivity contribution in [2.45, 2.75) is 25.1 Å². The number of nitrogens with zero attached hydrogens (tertiary/aromatic N) is 2. The van der Waals surface area contributed by atoms with Gasteiger partial charge in [0.1, 0.15) is 17.5 Å². The fourth-order valence-corrected chi connectivity index (χ4v) is 2.94. The van der Waals surface area contributed by atoms with Gasteiger partial charge in [-0.2, -0.15) is 13.2 Å². The molecule has 3 rings (SSSR count). The predicted octanol–water partition coefficient (Wildman–Crippen LogP) is 3.46. The smallest absolute Gasteiger partial charge is 0.416 e. The largest absolute Gasteiger partial charge is 0.495 e. The van der Waals surface area contributed by atoms with Crippen molar-refractivity contribution in [2.75, 3.05) is 19.5 Å². The van der Waals surface area contributed by atoms with E-state index < -0.39 is 23.7 Å². The number of anilines is 1. The number of carbonyl (C=O) groups is 2. The first-order chi connectivity index (χ1) is 13.7. The van der Waals surface area contributed by atoms with E-state index in [0.29, 0.717) is 12.2 Å². The molecule has 0 unspecified atom stereocenters. The monoisotopic (exact) mass is 409 g/mol. The molecule has 1 saturated heterocycles. The maximum Gasteiger partial charge on any atom is 0.416 e. The Kier molecular flexibility index (Phi) is 5.62. The zero-order chi connectivity index (χ0) is 21.2. The lowest BCUT2D eigenvalue weighted by Gasteiger charge is -2.20. The van der Waals surface area contributed by atoms with E-state index >= 15 is 0 Å². The molecule has 1 aliphatic heterocycles. The zero-order valence-corrected chi connectivity index (χ0v) is 15.6. The van der Waals surface area contributed by atoms with Crippen LogP contribution < -0.4 is 14.8 Å². The maximum atomic E-state index is 12.8. The summed E-state index contributed by atoms with van der Waals surface area (Å²) in [6.07, 6.45) is -2.84. The average molecular weight is 409 g/mol. The van der Waals surface area contributed by atoms with Crippen LogP contribution in [-0.2, 0) is 15.8 Å². The van der Waals surface area contributed by atoms with Gasteiger partial charge in [-0.05, 0) is 24.6 Å². The van der Waals surface area contributed by atoms with E-state index in [0.717, 1.165) is 18.3 Å². The third-order valence-electron chi connectivity index (χ3n) is 4.51. The highest BCUT2D eigenvalue weighted by molar-refractivity contribution is 5.99. The van der Waals surface area contributed by atoms with Crippen LogP contribution in [0.1, 0.15) is 18.4 Å². The Bertz CT molecular complexity index is 933. The standard InChI is InChI=1S/C19H18F3N3O4/c1-25-14(4-6-17(25)26)18(27)24-13-10-12(3-5-15(13)28-2)29-16-9-11(7-8-23-16)19(20,21)22/h3,5,7-10,14H,4,6H2,1-2H3,(H,24,27)/t14-/m0/s1. The van der Waals surface area contributed by atoms with Crippen molar-refractivity contribution >= 4 is 17.5 Å². The molecule has 1 aromatic carbocycles. The molecule has 1 N–H and O–H groups in total. The molecule has 1 fully saturated rings.